The largest absolute Gasteiger partial charge is 0.497 e. The van der Waals surface area contributed by atoms with Crippen LogP contribution in [0.4, 0.5) is 5.69 Å². The summed E-state index contributed by atoms with van der Waals surface area (Å²) in [5.41, 5.74) is 2.42. The molecule has 0 saturated carbocycles. The molecule has 0 fully saturated rings. The number of benzene rings is 2. The summed E-state index contributed by atoms with van der Waals surface area (Å²) in [6.45, 7) is 2.30. The van der Waals surface area contributed by atoms with Gasteiger partial charge in [0.15, 0.2) is 0 Å². The van der Waals surface area contributed by atoms with E-state index in [0.717, 1.165) is 22.8 Å². The van der Waals surface area contributed by atoms with Gasteiger partial charge in [-0.2, -0.15) is 0 Å². The molecule has 0 radical (unpaired) electrons. The highest BCUT2D eigenvalue weighted by atomic mass is 16.5. The van der Waals surface area contributed by atoms with Crippen LogP contribution in [0.1, 0.15) is 21.7 Å². The first kappa shape index (κ1) is 15.9. The van der Waals surface area contributed by atoms with Crippen LogP contribution in [0.3, 0.4) is 0 Å². The minimum atomic E-state index is -0.0605. The first-order chi connectivity index (χ1) is 11.7. The molecule has 4 heteroatoms. The zero-order chi connectivity index (χ0) is 16.9. The summed E-state index contributed by atoms with van der Waals surface area (Å²) < 4.78 is 10.6. The second-order valence-electron chi connectivity index (χ2n) is 5.48. The molecule has 0 saturated heterocycles. The van der Waals surface area contributed by atoms with E-state index in [4.69, 9.17) is 9.15 Å². The molecule has 0 spiro atoms. The predicted octanol–water partition coefficient (Wildman–Crippen LogP) is 4.44. The Morgan fingerprint density at radius 1 is 1.04 bits per heavy atom. The highest BCUT2D eigenvalue weighted by Crippen LogP contribution is 2.24. The molecular weight excluding hydrogens is 302 g/mol. The van der Waals surface area contributed by atoms with Gasteiger partial charge in [0, 0.05) is 11.3 Å². The lowest BCUT2D eigenvalue weighted by Crippen LogP contribution is -2.30. The molecule has 3 rings (SSSR count). The van der Waals surface area contributed by atoms with Gasteiger partial charge < -0.3 is 14.1 Å². The van der Waals surface area contributed by atoms with E-state index >= 15 is 0 Å². The maximum absolute atomic E-state index is 13.1. The average molecular weight is 321 g/mol. The van der Waals surface area contributed by atoms with E-state index in [-0.39, 0.29) is 5.91 Å². The van der Waals surface area contributed by atoms with Crippen LogP contribution in [0, 0.1) is 6.92 Å². The highest BCUT2D eigenvalue weighted by Gasteiger charge is 2.20. The van der Waals surface area contributed by atoms with Gasteiger partial charge in [-0.05, 0) is 55.0 Å². The molecule has 0 N–H and O–H groups in total. The van der Waals surface area contributed by atoms with Crippen molar-refractivity contribution in [2.45, 2.75) is 13.5 Å². The van der Waals surface area contributed by atoms with Gasteiger partial charge in [-0.15, -0.1) is 0 Å². The Morgan fingerprint density at radius 3 is 2.42 bits per heavy atom. The van der Waals surface area contributed by atoms with Crippen LogP contribution in [0.15, 0.2) is 71.3 Å². The standard InChI is InChI=1S/C20H19NO3/c1-15-6-3-4-8-19(15)20(22)21(14-18-7-5-13-24-18)16-9-11-17(23-2)12-10-16/h3-13H,14H2,1-2H3. The fraction of sp³-hybridized carbons (Fsp3) is 0.150. The van der Waals surface area contributed by atoms with Gasteiger partial charge in [0.25, 0.3) is 5.91 Å². The minimum Gasteiger partial charge on any atom is -0.497 e. The smallest absolute Gasteiger partial charge is 0.258 e. The highest BCUT2D eigenvalue weighted by molar-refractivity contribution is 6.06. The fourth-order valence-electron chi connectivity index (χ4n) is 2.56. The third kappa shape index (κ3) is 3.33. The van der Waals surface area contributed by atoms with Crippen molar-refractivity contribution in [3.63, 3.8) is 0 Å². The second-order valence-corrected chi connectivity index (χ2v) is 5.48. The fourth-order valence-corrected chi connectivity index (χ4v) is 2.56. The first-order valence-electron chi connectivity index (χ1n) is 7.73. The summed E-state index contributed by atoms with van der Waals surface area (Å²) in [6, 6.07) is 18.7. The number of carbonyl (C=O) groups is 1. The van der Waals surface area contributed by atoms with Crippen LogP contribution in [0.5, 0.6) is 5.75 Å². The van der Waals surface area contributed by atoms with E-state index in [1.165, 1.54) is 0 Å². The third-order valence-electron chi connectivity index (χ3n) is 3.90. The van der Waals surface area contributed by atoms with Crippen molar-refractivity contribution in [3.05, 3.63) is 83.8 Å². The molecule has 1 amide bonds. The van der Waals surface area contributed by atoms with Gasteiger partial charge >= 0.3 is 0 Å². The lowest BCUT2D eigenvalue weighted by Gasteiger charge is -2.23. The Balaban J connectivity index is 1.97. The molecule has 1 aromatic heterocycles. The van der Waals surface area contributed by atoms with Gasteiger partial charge in [-0.25, -0.2) is 0 Å². The average Bonchev–Trinajstić information content (AvgIpc) is 3.13. The van der Waals surface area contributed by atoms with E-state index in [0.29, 0.717) is 12.1 Å². The number of hydrogen-bond donors (Lipinski definition) is 0. The van der Waals surface area contributed by atoms with Crippen molar-refractivity contribution >= 4 is 11.6 Å². The Bertz CT molecular complexity index is 807. The predicted molar refractivity (Wildman–Crippen MR) is 93.4 cm³/mol. The van der Waals surface area contributed by atoms with E-state index in [1.807, 2.05) is 67.6 Å². The monoisotopic (exact) mass is 321 g/mol. The Morgan fingerprint density at radius 2 is 1.79 bits per heavy atom. The lowest BCUT2D eigenvalue weighted by molar-refractivity contribution is 0.0982. The van der Waals surface area contributed by atoms with Crippen molar-refractivity contribution in [1.82, 2.24) is 0 Å². The number of ether oxygens (including phenoxy) is 1. The summed E-state index contributed by atoms with van der Waals surface area (Å²) in [6.07, 6.45) is 1.61. The summed E-state index contributed by atoms with van der Waals surface area (Å²) in [7, 11) is 1.62. The maximum Gasteiger partial charge on any atom is 0.258 e. The normalized spacial score (nSPS) is 10.4. The van der Waals surface area contributed by atoms with E-state index in [2.05, 4.69) is 0 Å². The first-order valence-corrected chi connectivity index (χ1v) is 7.73. The zero-order valence-electron chi connectivity index (χ0n) is 13.7. The molecule has 0 bridgehead atoms. The SMILES string of the molecule is COc1ccc(N(Cc2ccco2)C(=O)c2ccccc2C)cc1. The van der Waals surface area contributed by atoms with Crippen LogP contribution >= 0.6 is 0 Å². The topological polar surface area (TPSA) is 42.7 Å². The van der Waals surface area contributed by atoms with E-state index in [1.54, 1.807) is 18.3 Å². The van der Waals surface area contributed by atoms with Crippen LogP contribution in [-0.2, 0) is 6.54 Å². The number of carbonyl (C=O) groups excluding carboxylic acids is 1. The van der Waals surface area contributed by atoms with E-state index < -0.39 is 0 Å². The lowest BCUT2D eigenvalue weighted by atomic mass is 10.1. The quantitative estimate of drug-likeness (QED) is 0.697. The molecule has 0 aliphatic heterocycles. The minimum absolute atomic E-state index is 0.0605. The van der Waals surface area contributed by atoms with Gasteiger partial charge in [0.1, 0.15) is 11.5 Å². The number of anilines is 1. The van der Waals surface area contributed by atoms with Gasteiger partial charge in [-0.1, -0.05) is 18.2 Å². The van der Waals surface area contributed by atoms with Crippen molar-refractivity contribution in [1.29, 1.82) is 0 Å². The molecule has 0 unspecified atom stereocenters. The van der Waals surface area contributed by atoms with Gasteiger partial charge in [-0.3, -0.25) is 4.79 Å². The Labute approximate surface area is 141 Å². The number of methoxy groups -OCH3 is 1. The summed E-state index contributed by atoms with van der Waals surface area (Å²) in [5.74, 6) is 1.42. The van der Waals surface area contributed by atoms with Gasteiger partial charge in [0.05, 0.1) is 19.9 Å². The Kier molecular flexibility index (Phi) is 4.66. The van der Waals surface area contributed by atoms with Crippen molar-refractivity contribution in [2.24, 2.45) is 0 Å². The molecule has 0 atom stereocenters. The molecule has 24 heavy (non-hydrogen) atoms. The number of amides is 1. The number of furan rings is 1. The number of aryl methyl sites for hydroxylation is 1. The zero-order valence-corrected chi connectivity index (χ0v) is 13.7. The molecule has 2 aromatic carbocycles. The third-order valence-corrected chi connectivity index (χ3v) is 3.90. The molecule has 1 heterocycles. The maximum atomic E-state index is 13.1. The summed E-state index contributed by atoms with van der Waals surface area (Å²) in [4.78, 5) is 14.8. The molecule has 0 aliphatic rings. The number of nitrogens with zero attached hydrogens (tertiary/aromatic N) is 1. The summed E-state index contributed by atoms with van der Waals surface area (Å²) >= 11 is 0. The van der Waals surface area contributed by atoms with Crippen LogP contribution in [0.2, 0.25) is 0 Å². The number of rotatable bonds is 5. The van der Waals surface area contributed by atoms with Gasteiger partial charge in [0.2, 0.25) is 0 Å². The summed E-state index contributed by atoms with van der Waals surface area (Å²) in [5, 5.41) is 0. The second kappa shape index (κ2) is 7.04. The van der Waals surface area contributed by atoms with Crippen LogP contribution in [0.25, 0.3) is 0 Å². The molecular formula is C20H19NO3. The van der Waals surface area contributed by atoms with Crippen molar-refractivity contribution in [2.75, 3.05) is 12.0 Å². The van der Waals surface area contributed by atoms with Crippen LogP contribution < -0.4 is 9.64 Å². The molecule has 0 aliphatic carbocycles. The molecule has 4 nitrogen and oxygen atoms in total. The number of hydrogen-bond acceptors (Lipinski definition) is 3. The van der Waals surface area contributed by atoms with E-state index in [9.17, 15) is 4.79 Å². The van der Waals surface area contributed by atoms with Crippen molar-refractivity contribution < 1.29 is 13.9 Å². The molecule has 3 aromatic rings. The van der Waals surface area contributed by atoms with Crippen molar-refractivity contribution in [3.8, 4) is 5.75 Å². The molecule has 122 valence electrons. The Hall–Kier alpha value is -3.01. The van der Waals surface area contributed by atoms with Crippen LogP contribution in [-0.4, -0.2) is 13.0 Å².